The SMILES string of the molecule is N[C@@H]1CCCC[C@H]1OCC(F)(F)F. The lowest BCUT2D eigenvalue weighted by Gasteiger charge is -2.28. The second-order valence-corrected chi connectivity index (χ2v) is 3.41. The fourth-order valence-corrected chi connectivity index (χ4v) is 1.53. The van der Waals surface area contributed by atoms with Gasteiger partial charge in [0.05, 0.1) is 6.10 Å². The van der Waals surface area contributed by atoms with Crippen LogP contribution in [-0.4, -0.2) is 24.9 Å². The number of ether oxygens (including phenoxy) is 1. The van der Waals surface area contributed by atoms with Crippen LogP contribution in [0, 0.1) is 0 Å². The molecule has 1 aliphatic carbocycles. The van der Waals surface area contributed by atoms with Crippen LogP contribution in [0.4, 0.5) is 13.2 Å². The third-order valence-corrected chi connectivity index (χ3v) is 2.21. The number of hydrogen-bond donors (Lipinski definition) is 1. The number of hydrogen-bond acceptors (Lipinski definition) is 2. The lowest BCUT2D eigenvalue weighted by atomic mass is 9.93. The standard InChI is InChI=1S/C8H14F3NO/c9-8(10,11)5-13-7-4-2-1-3-6(7)12/h6-7H,1-5,12H2/t6-,7-/m1/s1. The van der Waals surface area contributed by atoms with Gasteiger partial charge in [0.15, 0.2) is 0 Å². The zero-order valence-corrected chi connectivity index (χ0v) is 7.31. The molecule has 2 nitrogen and oxygen atoms in total. The van der Waals surface area contributed by atoms with Crippen LogP contribution < -0.4 is 5.73 Å². The minimum Gasteiger partial charge on any atom is -0.367 e. The van der Waals surface area contributed by atoms with Crippen LogP contribution in [0.15, 0.2) is 0 Å². The van der Waals surface area contributed by atoms with Gasteiger partial charge in [-0.3, -0.25) is 0 Å². The second-order valence-electron chi connectivity index (χ2n) is 3.41. The Morgan fingerprint density at radius 2 is 1.85 bits per heavy atom. The van der Waals surface area contributed by atoms with Gasteiger partial charge in [-0.2, -0.15) is 13.2 Å². The maximum Gasteiger partial charge on any atom is 0.411 e. The fraction of sp³-hybridized carbons (Fsp3) is 1.00. The molecule has 0 unspecified atom stereocenters. The summed E-state index contributed by atoms with van der Waals surface area (Å²) in [6.45, 7) is -1.18. The molecular formula is C8H14F3NO. The van der Waals surface area contributed by atoms with Gasteiger partial charge < -0.3 is 10.5 Å². The van der Waals surface area contributed by atoms with E-state index in [1.165, 1.54) is 0 Å². The van der Waals surface area contributed by atoms with E-state index in [1.807, 2.05) is 0 Å². The Hall–Kier alpha value is -0.290. The van der Waals surface area contributed by atoms with Crippen molar-refractivity contribution in [2.75, 3.05) is 6.61 Å². The largest absolute Gasteiger partial charge is 0.411 e. The van der Waals surface area contributed by atoms with Gasteiger partial charge in [0.2, 0.25) is 0 Å². The summed E-state index contributed by atoms with van der Waals surface area (Å²) in [7, 11) is 0. The van der Waals surface area contributed by atoms with Crippen LogP contribution in [0.25, 0.3) is 0 Å². The number of nitrogens with two attached hydrogens (primary N) is 1. The van der Waals surface area contributed by atoms with Gasteiger partial charge in [0, 0.05) is 6.04 Å². The molecule has 0 bridgehead atoms. The molecule has 5 heteroatoms. The molecule has 0 aromatic rings. The van der Waals surface area contributed by atoms with E-state index in [1.54, 1.807) is 0 Å². The number of alkyl halides is 3. The average molecular weight is 197 g/mol. The van der Waals surface area contributed by atoms with Gasteiger partial charge in [0.1, 0.15) is 6.61 Å². The Kier molecular flexibility index (Phi) is 3.55. The molecule has 1 saturated carbocycles. The summed E-state index contributed by atoms with van der Waals surface area (Å²) in [4.78, 5) is 0. The van der Waals surface area contributed by atoms with E-state index in [-0.39, 0.29) is 6.04 Å². The van der Waals surface area contributed by atoms with Crippen molar-refractivity contribution >= 4 is 0 Å². The summed E-state index contributed by atoms with van der Waals surface area (Å²) >= 11 is 0. The summed E-state index contributed by atoms with van der Waals surface area (Å²) in [5.74, 6) is 0. The topological polar surface area (TPSA) is 35.2 Å². The lowest BCUT2D eigenvalue weighted by molar-refractivity contribution is -0.189. The zero-order chi connectivity index (χ0) is 9.90. The summed E-state index contributed by atoms with van der Waals surface area (Å²) in [6.07, 6.45) is -1.32. The lowest BCUT2D eigenvalue weighted by Crippen LogP contribution is -2.41. The highest BCUT2D eigenvalue weighted by Gasteiger charge is 2.31. The first-order chi connectivity index (χ1) is 5.99. The van der Waals surface area contributed by atoms with E-state index < -0.39 is 18.9 Å². The molecule has 1 rings (SSSR count). The first-order valence-corrected chi connectivity index (χ1v) is 4.43. The Morgan fingerprint density at radius 3 is 2.38 bits per heavy atom. The van der Waals surface area contributed by atoms with Crippen LogP contribution in [0.3, 0.4) is 0 Å². The molecule has 0 aromatic heterocycles. The Labute approximate surface area is 75.2 Å². The summed E-state index contributed by atoms with van der Waals surface area (Å²) < 4.78 is 40.0. The highest BCUT2D eigenvalue weighted by atomic mass is 19.4. The molecule has 0 amide bonds. The quantitative estimate of drug-likeness (QED) is 0.733. The van der Waals surface area contributed by atoms with E-state index in [9.17, 15) is 13.2 Å². The van der Waals surface area contributed by atoms with Crippen LogP contribution in [-0.2, 0) is 4.74 Å². The van der Waals surface area contributed by atoms with Gasteiger partial charge in [-0.25, -0.2) is 0 Å². The van der Waals surface area contributed by atoms with Crippen molar-refractivity contribution in [2.45, 2.75) is 44.0 Å². The molecule has 2 atom stereocenters. The average Bonchev–Trinajstić information content (AvgIpc) is 2.01. The predicted octanol–water partition coefficient (Wildman–Crippen LogP) is 1.84. The van der Waals surface area contributed by atoms with Gasteiger partial charge in [-0.15, -0.1) is 0 Å². The molecule has 0 aliphatic heterocycles. The van der Waals surface area contributed by atoms with Crippen molar-refractivity contribution in [1.29, 1.82) is 0 Å². The normalized spacial score (nSPS) is 30.5. The number of rotatable bonds is 2. The summed E-state index contributed by atoms with van der Waals surface area (Å²) in [6, 6.07) is -0.226. The smallest absolute Gasteiger partial charge is 0.367 e. The molecule has 1 aliphatic rings. The van der Waals surface area contributed by atoms with Crippen molar-refractivity contribution in [3.05, 3.63) is 0 Å². The predicted molar refractivity (Wildman–Crippen MR) is 42.2 cm³/mol. The second kappa shape index (κ2) is 4.28. The molecule has 1 fully saturated rings. The van der Waals surface area contributed by atoms with E-state index >= 15 is 0 Å². The van der Waals surface area contributed by atoms with Crippen molar-refractivity contribution in [2.24, 2.45) is 5.73 Å². The van der Waals surface area contributed by atoms with Crippen molar-refractivity contribution in [1.82, 2.24) is 0 Å². The Balaban J connectivity index is 2.27. The molecule has 78 valence electrons. The fourth-order valence-electron chi connectivity index (χ4n) is 1.53. The monoisotopic (exact) mass is 197 g/mol. The maximum atomic E-state index is 11.8. The third kappa shape index (κ3) is 3.95. The zero-order valence-electron chi connectivity index (χ0n) is 7.31. The summed E-state index contributed by atoms with van der Waals surface area (Å²) in [5.41, 5.74) is 5.62. The van der Waals surface area contributed by atoms with Crippen LogP contribution in [0.1, 0.15) is 25.7 Å². The molecule has 0 heterocycles. The molecule has 2 N–H and O–H groups in total. The van der Waals surface area contributed by atoms with E-state index in [4.69, 9.17) is 10.5 Å². The van der Waals surface area contributed by atoms with Crippen molar-refractivity contribution in [3.63, 3.8) is 0 Å². The molecule has 13 heavy (non-hydrogen) atoms. The summed E-state index contributed by atoms with van der Waals surface area (Å²) in [5, 5.41) is 0. The minimum absolute atomic E-state index is 0.226. The van der Waals surface area contributed by atoms with E-state index in [0.29, 0.717) is 6.42 Å². The molecule has 0 saturated heterocycles. The van der Waals surface area contributed by atoms with E-state index in [2.05, 4.69) is 0 Å². The van der Waals surface area contributed by atoms with Gasteiger partial charge in [-0.05, 0) is 12.8 Å². The van der Waals surface area contributed by atoms with Gasteiger partial charge in [0.25, 0.3) is 0 Å². The van der Waals surface area contributed by atoms with Crippen LogP contribution >= 0.6 is 0 Å². The highest BCUT2D eigenvalue weighted by Crippen LogP contribution is 2.22. The van der Waals surface area contributed by atoms with Gasteiger partial charge >= 0.3 is 6.18 Å². The van der Waals surface area contributed by atoms with Crippen LogP contribution in [0.2, 0.25) is 0 Å². The van der Waals surface area contributed by atoms with Crippen molar-refractivity contribution < 1.29 is 17.9 Å². The first kappa shape index (κ1) is 10.8. The van der Waals surface area contributed by atoms with Gasteiger partial charge in [-0.1, -0.05) is 12.8 Å². The van der Waals surface area contributed by atoms with Crippen molar-refractivity contribution in [3.8, 4) is 0 Å². The molecule has 0 radical (unpaired) electrons. The maximum absolute atomic E-state index is 11.8. The highest BCUT2D eigenvalue weighted by molar-refractivity contribution is 4.78. The first-order valence-electron chi connectivity index (χ1n) is 4.43. The molecule has 0 aromatic carbocycles. The minimum atomic E-state index is -4.24. The Morgan fingerprint density at radius 1 is 1.23 bits per heavy atom. The Bertz CT molecular complexity index is 160. The van der Waals surface area contributed by atoms with Crippen LogP contribution in [0.5, 0.6) is 0 Å². The molecule has 0 spiro atoms. The third-order valence-electron chi connectivity index (χ3n) is 2.21. The van der Waals surface area contributed by atoms with E-state index in [0.717, 1.165) is 19.3 Å². The number of halogens is 3. The molecular weight excluding hydrogens is 183 g/mol.